The van der Waals surface area contributed by atoms with Crippen molar-refractivity contribution in [2.24, 2.45) is 0 Å². The first-order valence-electron chi connectivity index (χ1n) is 8.36. The summed E-state index contributed by atoms with van der Waals surface area (Å²) in [5, 5.41) is 2.88. The van der Waals surface area contributed by atoms with Crippen LogP contribution in [0.1, 0.15) is 26.7 Å². The van der Waals surface area contributed by atoms with E-state index in [1.807, 2.05) is 6.92 Å². The fourth-order valence-electron chi connectivity index (χ4n) is 2.52. The molecule has 0 bridgehead atoms. The zero-order chi connectivity index (χ0) is 19.3. The summed E-state index contributed by atoms with van der Waals surface area (Å²) >= 11 is 5.33. The van der Waals surface area contributed by atoms with Gasteiger partial charge in [0.1, 0.15) is 11.6 Å². The molecule has 0 atom stereocenters. The van der Waals surface area contributed by atoms with Crippen molar-refractivity contribution in [3.8, 4) is 0 Å². The van der Waals surface area contributed by atoms with Gasteiger partial charge in [0.2, 0.25) is 0 Å². The highest BCUT2D eigenvalue weighted by atomic mass is 32.1. The molecule has 1 aromatic carbocycles. The van der Waals surface area contributed by atoms with Crippen LogP contribution in [-0.4, -0.2) is 21.2 Å². The normalized spacial score (nSPS) is 10.6. The largest absolute Gasteiger partial charge is 0.383 e. The third kappa shape index (κ3) is 4.10. The number of anilines is 3. The van der Waals surface area contributed by atoms with E-state index in [4.69, 9.17) is 18.0 Å². The van der Waals surface area contributed by atoms with E-state index in [-0.39, 0.29) is 22.3 Å². The molecular weight excluding hydrogens is 357 g/mol. The predicted octanol–water partition coefficient (Wildman–Crippen LogP) is 2.28. The SMILES string of the molecule is CCCCn1c(N)c(N(CC)C(=S)Nc2ccccc2F)c(=O)[nH]c1=O. The van der Waals surface area contributed by atoms with Crippen LogP contribution in [0.5, 0.6) is 0 Å². The number of aromatic amines is 1. The van der Waals surface area contributed by atoms with Gasteiger partial charge in [0, 0.05) is 13.1 Å². The molecule has 0 saturated heterocycles. The van der Waals surface area contributed by atoms with Crippen LogP contribution < -0.4 is 27.2 Å². The van der Waals surface area contributed by atoms with Gasteiger partial charge in [-0.1, -0.05) is 25.5 Å². The zero-order valence-electron chi connectivity index (χ0n) is 14.7. The molecule has 1 aromatic heterocycles. The van der Waals surface area contributed by atoms with E-state index in [0.29, 0.717) is 13.1 Å². The van der Waals surface area contributed by atoms with E-state index in [2.05, 4.69) is 10.3 Å². The molecule has 2 rings (SSSR count). The number of nitrogens with zero attached hydrogens (tertiary/aromatic N) is 2. The maximum atomic E-state index is 13.9. The molecule has 9 heteroatoms. The third-order valence-corrected chi connectivity index (χ3v) is 4.22. The lowest BCUT2D eigenvalue weighted by atomic mass is 10.3. The van der Waals surface area contributed by atoms with E-state index in [0.717, 1.165) is 12.8 Å². The Bertz CT molecular complexity index is 909. The highest BCUT2D eigenvalue weighted by Gasteiger charge is 2.21. The van der Waals surface area contributed by atoms with Gasteiger partial charge in [-0.3, -0.25) is 14.3 Å². The van der Waals surface area contributed by atoms with E-state index in [9.17, 15) is 14.0 Å². The number of rotatable bonds is 6. The van der Waals surface area contributed by atoms with Gasteiger partial charge in [0.05, 0.1) is 5.69 Å². The first-order chi connectivity index (χ1) is 12.4. The molecule has 0 aliphatic heterocycles. The lowest BCUT2D eigenvalue weighted by Crippen LogP contribution is -2.42. The van der Waals surface area contributed by atoms with Crippen LogP contribution in [-0.2, 0) is 6.54 Å². The van der Waals surface area contributed by atoms with Gasteiger partial charge in [-0.2, -0.15) is 0 Å². The second-order valence-corrected chi connectivity index (χ2v) is 6.04. The van der Waals surface area contributed by atoms with Crippen molar-refractivity contribution in [2.75, 3.05) is 22.5 Å². The number of thiocarbonyl (C=S) groups is 1. The number of benzene rings is 1. The Balaban J connectivity index is 2.43. The minimum absolute atomic E-state index is 0.0340. The molecule has 4 N–H and O–H groups in total. The smallest absolute Gasteiger partial charge is 0.330 e. The van der Waals surface area contributed by atoms with Gasteiger partial charge in [-0.15, -0.1) is 0 Å². The van der Waals surface area contributed by atoms with Crippen LogP contribution in [0.2, 0.25) is 0 Å². The fourth-order valence-corrected chi connectivity index (χ4v) is 2.86. The molecule has 26 heavy (non-hydrogen) atoms. The van der Waals surface area contributed by atoms with Crippen molar-refractivity contribution in [3.63, 3.8) is 0 Å². The van der Waals surface area contributed by atoms with Gasteiger partial charge in [0.15, 0.2) is 10.8 Å². The molecule has 2 aromatic rings. The Hall–Kier alpha value is -2.68. The second kappa shape index (κ2) is 8.61. The summed E-state index contributed by atoms with van der Waals surface area (Å²) in [7, 11) is 0. The van der Waals surface area contributed by atoms with Crippen LogP contribution in [0, 0.1) is 5.82 Å². The van der Waals surface area contributed by atoms with Crippen LogP contribution >= 0.6 is 12.2 Å². The van der Waals surface area contributed by atoms with Crippen molar-refractivity contribution in [3.05, 3.63) is 50.9 Å². The summed E-state index contributed by atoms with van der Waals surface area (Å²) in [4.78, 5) is 28.1. The summed E-state index contributed by atoms with van der Waals surface area (Å²) in [6, 6.07) is 6.06. The monoisotopic (exact) mass is 379 g/mol. The van der Waals surface area contributed by atoms with Gasteiger partial charge < -0.3 is 16.0 Å². The van der Waals surface area contributed by atoms with Crippen molar-refractivity contribution in [1.29, 1.82) is 0 Å². The molecule has 0 fully saturated rings. The highest BCUT2D eigenvalue weighted by molar-refractivity contribution is 7.80. The first-order valence-corrected chi connectivity index (χ1v) is 8.77. The Morgan fingerprint density at radius 2 is 2.04 bits per heavy atom. The van der Waals surface area contributed by atoms with Crippen LogP contribution in [0.25, 0.3) is 0 Å². The summed E-state index contributed by atoms with van der Waals surface area (Å²) < 4.78 is 15.2. The number of unbranched alkanes of at least 4 members (excludes halogenated alkanes) is 1. The quantitative estimate of drug-likeness (QED) is 0.667. The summed E-state index contributed by atoms with van der Waals surface area (Å²) in [6.45, 7) is 4.45. The number of para-hydroxylation sites is 1. The Morgan fingerprint density at radius 1 is 1.35 bits per heavy atom. The molecule has 0 amide bonds. The average Bonchev–Trinajstić information content (AvgIpc) is 2.60. The van der Waals surface area contributed by atoms with Crippen LogP contribution in [0.3, 0.4) is 0 Å². The van der Waals surface area contributed by atoms with Crippen molar-refractivity contribution < 1.29 is 4.39 Å². The van der Waals surface area contributed by atoms with Crippen molar-refractivity contribution >= 4 is 34.5 Å². The Labute approximate surface area is 155 Å². The van der Waals surface area contributed by atoms with Gasteiger partial charge >= 0.3 is 5.69 Å². The molecule has 7 nitrogen and oxygen atoms in total. The summed E-state index contributed by atoms with van der Waals surface area (Å²) in [5.74, 6) is -0.438. The zero-order valence-corrected chi connectivity index (χ0v) is 15.5. The molecular formula is C17H22FN5O2S. The summed E-state index contributed by atoms with van der Waals surface area (Å²) in [6.07, 6.45) is 1.60. The molecule has 0 aliphatic rings. The average molecular weight is 379 g/mol. The minimum Gasteiger partial charge on any atom is -0.383 e. The van der Waals surface area contributed by atoms with Crippen LogP contribution in [0.15, 0.2) is 33.9 Å². The molecule has 0 radical (unpaired) electrons. The standard InChI is InChI=1S/C17H22FN5O2S/c1-3-5-10-23-14(19)13(15(24)21-16(23)25)22(4-2)17(26)20-12-9-7-6-8-11(12)18/h6-9H,3-5,10,19H2,1-2H3,(H,20,26)(H,21,24,25). The lowest BCUT2D eigenvalue weighted by molar-refractivity contribution is 0.604. The molecule has 0 aliphatic carbocycles. The number of hydrogen-bond donors (Lipinski definition) is 3. The fraction of sp³-hybridized carbons (Fsp3) is 0.353. The number of nitrogens with two attached hydrogens (primary N) is 1. The third-order valence-electron chi connectivity index (χ3n) is 3.90. The molecule has 1 heterocycles. The Morgan fingerprint density at radius 3 is 2.65 bits per heavy atom. The number of H-pyrrole nitrogens is 1. The highest BCUT2D eigenvalue weighted by Crippen LogP contribution is 2.20. The molecule has 0 saturated carbocycles. The van der Waals surface area contributed by atoms with E-state index < -0.39 is 17.1 Å². The maximum Gasteiger partial charge on any atom is 0.330 e. The first kappa shape index (κ1) is 19.6. The summed E-state index contributed by atoms with van der Waals surface area (Å²) in [5.41, 5.74) is 5.15. The Kier molecular flexibility index (Phi) is 6.51. The van der Waals surface area contributed by atoms with Crippen LogP contribution in [0.4, 0.5) is 21.6 Å². The molecule has 0 unspecified atom stereocenters. The number of halogens is 1. The predicted molar refractivity (Wildman–Crippen MR) is 106 cm³/mol. The number of aromatic nitrogens is 2. The number of nitrogen functional groups attached to an aromatic ring is 1. The van der Waals surface area contributed by atoms with Crippen molar-refractivity contribution in [2.45, 2.75) is 33.2 Å². The van der Waals surface area contributed by atoms with Gasteiger partial charge in [0.25, 0.3) is 5.56 Å². The van der Waals surface area contributed by atoms with Gasteiger partial charge in [-0.05, 0) is 37.7 Å². The van der Waals surface area contributed by atoms with Gasteiger partial charge in [-0.25, -0.2) is 9.18 Å². The molecule has 140 valence electrons. The molecule has 0 spiro atoms. The van der Waals surface area contributed by atoms with Crippen molar-refractivity contribution in [1.82, 2.24) is 9.55 Å². The number of nitrogens with one attached hydrogen (secondary N) is 2. The lowest BCUT2D eigenvalue weighted by Gasteiger charge is -2.26. The second-order valence-electron chi connectivity index (χ2n) is 5.65. The topological polar surface area (TPSA) is 96.2 Å². The maximum absolute atomic E-state index is 13.9. The van der Waals surface area contributed by atoms with E-state index in [1.54, 1.807) is 19.1 Å². The van der Waals surface area contributed by atoms with E-state index >= 15 is 0 Å². The minimum atomic E-state index is -0.639. The van der Waals surface area contributed by atoms with E-state index in [1.165, 1.54) is 21.6 Å². The number of hydrogen-bond acceptors (Lipinski definition) is 4.